The van der Waals surface area contributed by atoms with Crippen molar-refractivity contribution in [2.75, 3.05) is 32.7 Å². The normalized spacial score (nSPS) is 20.7. The van der Waals surface area contributed by atoms with E-state index < -0.39 is 10.0 Å². The van der Waals surface area contributed by atoms with E-state index in [2.05, 4.69) is 5.32 Å². The summed E-state index contributed by atoms with van der Waals surface area (Å²) in [4.78, 5) is 14.0. The molecular weight excluding hydrogens is 397 g/mol. The van der Waals surface area contributed by atoms with Crippen molar-refractivity contribution < 1.29 is 13.2 Å². The Kier molecular flexibility index (Phi) is 6.14. The largest absolute Gasteiger partial charge is 0.352 e. The van der Waals surface area contributed by atoms with Crippen molar-refractivity contribution in [3.63, 3.8) is 0 Å². The highest BCUT2D eigenvalue weighted by atomic mass is 35.5. The number of hydrogen-bond donors (Lipinski definition) is 1. The van der Waals surface area contributed by atoms with E-state index in [0.29, 0.717) is 32.1 Å². The molecule has 1 aliphatic carbocycles. The van der Waals surface area contributed by atoms with Gasteiger partial charge < -0.3 is 5.32 Å². The van der Waals surface area contributed by atoms with Gasteiger partial charge in [-0.15, -0.1) is 0 Å². The fourth-order valence-corrected chi connectivity index (χ4v) is 5.72. The first-order valence-corrected chi connectivity index (χ1v) is 10.9. The van der Waals surface area contributed by atoms with Crippen molar-refractivity contribution >= 4 is 39.1 Å². The van der Waals surface area contributed by atoms with Crippen molar-refractivity contribution in [1.82, 2.24) is 14.5 Å². The van der Waals surface area contributed by atoms with E-state index in [1.54, 1.807) is 6.07 Å². The molecule has 0 spiro atoms. The molecule has 1 saturated heterocycles. The van der Waals surface area contributed by atoms with Crippen LogP contribution in [0.15, 0.2) is 23.1 Å². The Hall–Kier alpha value is -0.860. The second kappa shape index (κ2) is 8.02. The van der Waals surface area contributed by atoms with Gasteiger partial charge in [0.2, 0.25) is 15.9 Å². The highest BCUT2D eigenvalue weighted by Gasteiger charge is 2.33. The highest BCUT2D eigenvalue weighted by molar-refractivity contribution is 7.89. The lowest BCUT2D eigenvalue weighted by molar-refractivity contribution is -0.123. The van der Waals surface area contributed by atoms with Crippen LogP contribution >= 0.6 is 23.2 Å². The number of halogens is 2. The summed E-state index contributed by atoms with van der Waals surface area (Å²) in [6.07, 6.45) is 2.37. The molecule has 1 saturated carbocycles. The molecule has 9 heteroatoms. The van der Waals surface area contributed by atoms with Crippen LogP contribution in [-0.4, -0.2) is 62.3 Å². The maximum absolute atomic E-state index is 12.8. The van der Waals surface area contributed by atoms with Gasteiger partial charge in [0.15, 0.2) is 0 Å². The third-order valence-corrected chi connectivity index (χ3v) is 7.79. The Balaban J connectivity index is 1.57. The predicted molar refractivity (Wildman–Crippen MR) is 102 cm³/mol. The van der Waals surface area contributed by atoms with Gasteiger partial charge in [-0.3, -0.25) is 9.69 Å². The van der Waals surface area contributed by atoms with E-state index in [-0.39, 0.29) is 33.4 Å². The van der Waals surface area contributed by atoms with Gasteiger partial charge in [0.1, 0.15) is 4.90 Å². The van der Waals surface area contributed by atoms with E-state index in [1.807, 2.05) is 11.8 Å². The summed E-state index contributed by atoms with van der Waals surface area (Å²) >= 11 is 12.1. The quantitative estimate of drug-likeness (QED) is 0.766. The molecule has 1 N–H and O–H groups in total. The molecule has 1 atom stereocenters. The maximum Gasteiger partial charge on any atom is 0.246 e. The first kappa shape index (κ1) is 19.9. The van der Waals surface area contributed by atoms with Crippen LogP contribution in [0.5, 0.6) is 0 Å². The SMILES string of the molecule is C[C@@H](NC(=O)CN1CCN(S(=O)(=O)c2c(Cl)cccc2Cl)CC1)C1CC1. The number of nitrogens with one attached hydrogen (secondary N) is 1. The number of carbonyl (C=O) groups is 1. The van der Waals surface area contributed by atoms with Crippen LogP contribution in [0.1, 0.15) is 19.8 Å². The molecule has 0 aromatic heterocycles. The molecule has 2 fully saturated rings. The van der Waals surface area contributed by atoms with Gasteiger partial charge in [-0.25, -0.2) is 8.42 Å². The Morgan fingerprint density at radius 2 is 1.77 bits per heavy atom. The average molecular weight is 420 g/mol. The van der Waals surface area contributed by atoms with Crippen LogP contribution in [0.3, 0.4) is 0 Å². The number of carbonyl (C=O) groups excluding carboxylic acids is 1. The molecular formula is C17H23Cl2N3O3S. The third kappa shape index (κ3) is 4.51. The van der Waals surface area contributed by atoms with Crippen LogP contribution in [0, 0.1) is 5.92 Å². The smallest absolute Gasteiger partial charge is 0.246 e. The van der Waals surface area contributed by atoms with Gasteiger partial charge in [-0.1, -0.05) is 29.3 Å². The van der Waals surface area contributed by atoms with Crippen molar-refractivity contribution in [2.45, 2.75) is 30.7 Å². The molecule has 1 aromatic carbocycles. The number of rotatable bonds is 6. The molecule has 1 aliphatic heterocycles. The van der Waals surface area contributed by atoms with Gasteiger partial charge in [0, 0.05) is 32.2 Å². The van der Waals surface area contributed by atoms with Crippen LogP contribution in [0.4, 0.5) is 0 Å². The lowest BCUT2D eigenvalue weighted by Gasteiger charge is -2.34. The Morgan fingerprint density at radius 3 is 2.31 bits per heavy atom. The topological polar surface area (TPSA) is 69.7 Å². The molecule has 1 heterocycles. The summed E-state index contributed by atoms with van der Waals surface area (Å²) in [6, 6.07) is 4.86. The number of nitrogens with zero attached hydrogens (tertiary/aromatic N) is 2. The number of hydrogen-bond acceptors (Lipinski definition) is 4. The molecule has 2 aliphatic rings. The lowest BCUT2D eigenvalue weighted by atomic mass is 10.2. The maximum atomic E-state index is 12.8. The van der Waals surface area contributed by atoms with Crippen LogP contribution < -0.4 is 5.32 Å². The zero-order valence-corrected chi connectivity index (χ0v) is 16.9. The minimum Gasteiger partial charge on any atom is -0.352 e. The summed E-state index contributed by atoms with van der Waals surface area (Å²) in [5.41, 5.74) is 0. The standard InChI is InChI=1S/C17H23Cl2N3O3S/c1-12(13-5-6-13)20-16(23)11-21-7-9-22(10-8-21)26(24,25)17-14(18)3-2-4-15(17)19/h2-4,12-13H,5-11H2,1H3,(H,20,23)/t12-/m1/s1. The second-order valence-corrected chi connectivity index (χ2v) is 9.61. The lowest BCUT2D eigenvalue weighted by Crippen LogP contribution is -2.51. The van der Waals surface area contributed by atoms with Crippen LogP contribution in [0.25, 0.3) is 0 Å². The zero-order valence-electron chi connectivity index (χ0n) is 14.6. The molecule has 0 unspecified atom stereocenters. The van der Waals surface area contributed by atoms with Gasteiger partial charge in [0.05, 0.1) is 16.6 Å². The number of amides is 1. The van der Waals surface area contributed by atoms with Crippen LogP contribution in [0.2, 0.25) is 10.0 Å². The van der Waals surface area contributed by atoms with Gasteiger partial charge in [-0.05, 0) is 37.8 Å². The molecule has 1 aromatic rings. The van der Waals surface area contributed by atoms with E-state index in [9.17, 15) is 13.2 Å². The van der Waals surface area contributed by atoms with Crippen molar-refractivity contribution in [3.8, 4) is 0 Å². The van der Waals surface area contributed by atoms with Crippen molar-refractivity contribution in [2.24, 2.45) is 5.92 Å². The van der Waals surface area contributed by atoms with Gasteiger partial charge in [-0.2, -0.15) is 4.31 Å². The molecule has 144 valence electrons. The summed E-state index contributed by atoms with van der Waals surface area (Å²) < 4.78 is 27.1. The predicted octanol–water partition coefficient (Wildman–Crippen LogP) is 2.21. The van der Waals surface area contributed by atoms with Crippen molar-refractivity contribution in [3.05, 3.63) is 28.2 Å². The minimum absolute atomic E-state index is 0.00476. The summed E-state index contributed by atoms with van der Waals surface area (Å²) in [5.74, 6) is 0.608. The van der Waals surface area contributed by atoms with Crippen molar-refractivity contribution in [1.29, 1.82) is 0 Å². The highest BCUT2D eigenvalue weighted by Crippen LogP contribution is 2.33. The second-order valence-electron chi connectivity index (χ2n) is 6.92. The Labute approximate surface area is 164 Å². The van der Waals surface area contributed by atoms with E-state index >= 15 is 0 Å². The first-order valence-electron chi connectivity index (χ1n) is 8.75. The zero-order chi connectivity index (χ0) is 18.9. The van der Waals surface area contributed by atoms with E-state index in [0.717, 1.165) is 0 Å². The van der Waals surface area contributed by atoms with Crippen LogP contribution in [-0.2, 0) is 14.8 Å². The van der Waals surface area contributed by atoms with Gasteiger partial charge >= 0.3 is 0 Å². The molecule has 1 amide bonds. The fourth-order valence-electron chi connectivity index (χ4n) is 3.20. The van der Waals surface area contributed by atoms with Gasteiger partial charge in [0.25, 0.3) is 0 Å². The summed E-state index contributed by atoms with van der Waals surface area (Å²) in [7, 11) is -3.76. The average Bonchev–Trinajstić information content (AvgIpc) is 3.39. The summed E-state index contributed by atoms with van der Waals surface area (Å²) in [6.45, 7) is 3.91. The number of piperazine rings is 1. The Bertz CT molecular complexity index is 755. The first-order chi connectivity index (χ1) is 12.3. The molecule has 0 radical (unpaired) electrons. The molecule has 0 bridgehead atoms. The fraction of sp³-hybridized carbons (Fsp3) is 0.588. The monoisotopic (exact) mass is 419 g/mol. The summed E-state index contributed by atoms with van der Waals surface area (Å²) in [5, 5.41) is 3.26. The Morgan fingerprint density at radius 1 is 1.19 bits per heavy atom. The van der Waals surface area contributed by atoms with E-state index in [1.165, 1.54) is 29.3 Å². The molecule has 3 rings (SSSR count). The number of benzene rings is 1. The molecule has 26 heavy (non-hydrogen) atoms. The van der Waals surface area contributed by atoms with E-state index in [4.69, 9.17) is 23.2 Å². The molecule has 6 nitrogen and oxygen atoms in total. The minimum atomic E-state index is -3.76. The number of sulfonamides is 1. The third-order valence-electron chi connectivity index (χ3n) is 4.93.